The van der Waals surface area contributed by atoms with Gasteiger partial charge in [-0.1, -0.05) is 36.4 Å². The summed E-state index contributed by atoms with van der Waals surface area (Å²) in [7, 11) is 1.54. The van der Waals surface area contributed by atoms with Gasteiger partial charge in [-0.3, -0.25) is 4.79 Å². The predicted octanol–water partition coefficient (Wildman–Crippen LogP) is 3.29. The highest BCUT2D eigenvalue weighted by molar-refractivity contribution is 5.84. The quantitative estimate of drug-likeness (QED) is 0.401. The molecule has 1 aliphatic heterocycles. The molecule has 10 heteroatoms. The Labute approximate surface area is 198 Å². The first-order chi connectivity index (χ1) is 17.2. The third kappa shape index (κ3) is 3.45. The zero-order chi connectivity index (χ0) is 23.9. The molecule has 0 unspecified atom stereocenters. The summed E-state index contributed by atoms with van der Waals surface area (Å²) in [5.74, 6) is 0.628. The minimum Gasteiger partial charge on any atom is -0.494 e. The number of benzene rings is 2. The van der Waals surface area contributed by atoms with Gasteiger partial charge >= 0.3 is 0 Å². The Morgan fingerprint density at radius 2 is 2.00 bits per heavy atom. The number of nitriles is 1. The van der Waals surface area contributed by atoms with Crippen molar-refractivity contribution in [1.82, 2.24) is 19.6 Å². The zero-order valence-corrected chi connectivity index (χ0v) is 18.6. The van der Waals surface area contributed by atoms with Crippen molar-refractivity contribution in [1.29, 1.82) is 5.26 Å². The number of hydrogen-bond acceptors (Lipinski definition) is 8. The smallest absolute Gasteiger partial charge is 0.287 e. The van der Waals surface area contributed by atoms with Crippen LogP contribution in [0.4, 0.5) is 0 Å². The second kappa shape index (κ2) is 8.39. The average Bonchev–Trinajstić information content (AvgIpc) is 3.45. The number of nitrogens with one attached hydrogen (secondary N) is 1. The van der Waals surface area contributed by atoms with Crippen molar-refractivity contribution in [3.8, 4) is 34.4 Å². The summed E-state index contributed by atoms with van der Waals surface area (Å²) in [5, 5.41) is 14.1. The molecule has 6 rings (SSSR count). The molecule has 0 saturated carbocycles. The number of fused-ring (bicyclic) bond motifs is 2. The van der Waals surface area contributed by atoms with Crippen LogP contribution in [0.3, 0.4) is 0 Å². The molecule has 2 aromatic carbocycles. The topological polar surface area (TPSA) is 128 Å². The molecule has 174 valence electrons. The van der Waals surface area contributed by atoms with Gasteiger partial charge in [0.25, 0.3) is 5.56 Å². The number of ether oxygens (including phenoxy) is 3. The molecule has 5 aromatic rings. The van der Waals surface area contributed by atoms with Crippen LogP contribution in [0.2, 0.25) is 0 Å². The molecule has 0 spiro atoms. The van der Waals surface area contributed by atoms with Gasteiger partial charge < -0.3 is 23.6 Å². The lowest BCUT2D eigenvalue weighted by atomic mass is 10.1. The second-order valence-electron chi connectivity index (χ2n) is 8.04. The van der Waals surface area contributed by atoms with Gasteiger partial charge in [0, 0.05) is 0 Å². The number of oxazole rings is 1. The number of H-pyrrole nitrogens is 1. The number of nitrogens with zero attached hydrogens (tertiary/aromatic N) is 4. The first-order valence-corrected chi connectivity index (χ1v) is 10.9. The van der Waals surface area contributed by atoms with Gasteiger partial charge in [0.1, 0.15) is 29.1 Å². The van der Waals surface area contributed by atoms with Gasteiger partial charge in [0.15, 0.2) is 16.8 Å². The van der Waals surface area contributed by atoms with Gasteiger partial charge in [-0.05, 0) is 17.7 Å². The SMILES string of the molecule is COc1cccc2oc(-c3c(COC4COC4)[nH]c4c(-c5ccccc5)c(C#N)nn4c3=O)nc12. The van der Waals surface area contributed by atoms with E-state index in [1.807, 2.05) is 30.3 Å². The number of para-hydroxylation sites is 1. The van der Waals surface area contributed by atoms with Gasteiger partial charge in [-0.15, -0.1) is 0 Å². The van der Waals surface area contributed by atoms with Gasteiger partial charge in [-0.25, -0.2) is 4.98 Å². The van der Waals surface area contributed by atoms with Crippen molar-refractivity contribution in [3.63, 3.8) is 0 Å². The lowest BCUT2D eigenvalue weighted by Gasteiger charge is -2.26. The molecule has 1 aliphatic rings. The highest BCUT2D eigenvalue weighted by Crippen LogP contribution is 2.32. The first kappa shape index (κ1) is 21.1. The Morgan fingerprint density at radius 1 is 1.17 bits per heavy atom. The fourth-order valence-electron chi connectivity index (χ4n) is 4.11. The molecular weight excluding hydrogens is 450 g/mol. The van der Waals surface area contributed by atoms with Gasteiger partial charge in [0.05, 0.1) is 38.2 Å². The van der Waals surface area contributed by atoms with Crippen molar-refractivity contribution in [3.05, 3.63) is 70.3 Å². The Balaban J connectivity index is 1.60. The maximum Gasteiger partial charge on any atom is 0.287 e. The van der Waals surface area contributed by atoms with Crippen LogP contribution in [-0.4, -0.2) is 46.0 Å². The zero-order valence-electron chi connectivity index (χ0n) is 18.6. The van der Waals surface area contributed by atoms with Crippen LogP contribution in [0, 0.1) is 11.3 Å². The van der Waals surface area contributed by atoms with Gasteiger partial charge in [-0.2, -0.15) is 14.9 Å². The third-order valence-corrected chi connectivity index (χ3v) is 5.92. The molecule has 35 heavy (non-hydrogen) atoms. The summed E-state index contributed by atoms with van der Waals surface area (Å²) in [6.45, 7) is 1.07. The van der Waals surface area contributed by atoms with E-state index < -0.39 is 5.56 Å². The van der Waals surface area contributed by atoms with E-state index in [1.54, 1.807) is 25.3 Å². The number of rotatable bonds is 6. The lowest BCUT2D eigenvalue weighted by Crippen LogP contribution is -2.36. The van der Waals surface area contributed by atoms with Crippen molar-refractivity contribution in [2.75, 3.05) is 20.3 Å². The molecule has 0 atom stereocenters. The van der Waals surface area contributed by atoms with E-state index in [9.17, 15) is 10.1 Å². The number of hydrogen-bond donors (Lipinski definition) is 1. The van der Waals surface area contributed by atoms with Crippen LogP contribution in [0.15, 0.2) is 57.7 Å². The summed E-state index contributed by atoms with van der Waals surface area (Å²) in [6.07, 6.45) is -0.0699. The molecule has 0 bridgehead atoms. The van der Waals surface area contributed by atoms with E-state index in [4.69, 9.17) is 18.6 Å². The van der Waals surface area contributed by atoms with Crippen molar-refractivity contribution < 1.29 is 18.6 Å². The maximum absolute atomic E-state index is 13.8. The molecule has 0 aliphatic carbocycles. The fourth-order valence-corrected chi connectivity index (χ4v) is 4.11. The van der Waals surface area contributed by atoms with Crippen LogP contribution >= 0.6 is 0 Å². The normalized spacial score (nSPS) is 13.7. The largest absolute Gasteiger partial charge is 0.494 e. The summed E-state index contributed by atoms with van der Waals surface area (Å²) >= 11 is 0. The summed E-state index contributed by atoms with van der Waals surface area (Å²) in [5.41, 5.74) is 2.92. The van der Waals surface area contributed by atoms with Crippen molar-refractivity contribution >= 4 is 16.7 Å². The molecular formula is C25H19N5O5. The molecule has 1 saturated heterocycles. The highest BCUT2D eigenvalue weighted by atomic mass is 16.6. The average molecular weight is 469 g/mol. The molecule has 10 nitrogen and oxygen atoms in total. The van der Waals surface area contributed by atoms with Crippen LogP contribution in [0.25, 0.3) is 39.3 Å². The Bertz CT molecular complexity index is 1660. The molecule has 0 amide bonds. The molecule has 1 fully saturated rings. The van der Waals surface area contributed by atoms with Crippen molar-refractivity contribution in [2.45, 2.75) is 12.7 Å². The molecule has 1 N–H and O–H groups in total. The second-order valence-corrected chi connectivity index (χ2v) is 8.04. The van der Waals surface area contributed by atoms with Crippen LogP contribution in [-0.2, 0) is 16.1 Å². The van der Waals surface area contributed by atoms with Crippen molar-refractivity contribution in [2.24, 2.45) is 0 Å². The summed E-state index contributed by atoms with van der Waals surface area (Å²) in [6, 6.07) is 16.7. The number of methoxy groups -OCH3 is 1. The minimum absolute atomic E-state index is 0.0699. The van der Waals surface area contributed by atoms with E-state index >= 15 is 0 Å². The van der Waals surface area contributed by atoms with E-state index in [1.165, 1.54) is 4.52 Å². The first-order valence-electron chi connectivity index (χ1n) is 10.9. The fraction of sp³-hybridized carbons (Fsp3) is 0.200. The van der Waals surface area contributed by atoms with Crippen LogP contribution in [0.5, 0.6) is 5.75 Å². The number of aromatic nitrogens is 4. The van der Waals surface area contributed by atoms with E-state index in [0.29, 0.717) is 47.0 Å². The Kier molecular flexibility index (Phi) is 5.06. The van der Waals surface area contributed by atoms with E-state index in [2.05, 4.69) is 21.1 Å². The maximum atomic E-state index is 13.8. The van der Waals surface area contributed by atoms with Crippen LogP contribution < -0.4 is 10.3 Å². The Hall–Kier alpha value is -4.46. The molecule has 4 heterocycles. The lowest BCUT2D eigenvalue weighted by molar-refractivity contribution is -0.135. The summed E-state index contributed by atoms with van der Waals surface area (Å²) in [4.78, 5) is 21.6. The third-order valence-electron chi connectivity index (χ3n) is 5.92. The van der Waals surface area contributed by atoms with E-state index in [-0.39, 0.29) is 29.9 Å². The minimum atomic E-state index is -0.480. The monoisotopic (exact) mass is 469 g/mol. The molecule has 3 aromatic heterocycles. The number of aromatic amines is 1. The highest BCUT2D eigenvalue weighted by Gasteiger charge is 2.26. The van der Waals surface area contributed by atoms with E-state index in [0.717, 1.165) is 5.56 Å². The standard InChI is InChI=1S/C25H19N5O5/c1-32-18-8-5-9-19-22(18)28-24(35-19)21-17(13-34-15-11-33-12-15)27-23-20(14-6-3-2-4-7-14)16(10-26)29-30(23)25(21)31/h2-9,15,27H,11-13H2,1H3. The summed E-state index contributed by atoms with van der Waals surface area (Å²) < 4.78 is 23.7. The Morgan fingerprint density at radius 3 is 2.71 bits per heavy atom. The van der Waals surface area contributed by atoms with Gasteiger partial charge in [0.2, 0.25) is 5.89 Å². The predicted molar refractivity (Wildman–Crippen MR) is 125 cm³/mol. The van der Waals surface area contributed by atoms with Crippen LogP contribution in [0.1, 0.15) is 11.4 Å². The molecule has 0 radical (unpaired) electrons.